The first-order chi connectivity index (χ1) is 10.6. The lowest BCUT2D eigenvalue weighted by Crippen LogP contribution is -2.37. The summed E-state index contributed by atoms with van der Waals surface area (Å²) in [5, 5.41) is 2.01. The standard InChI is InChI=1S/C16H21N3O2S/c1-12-13(17-16(21-12)14-6-5-9-22-14)10-18(2)11-15(20)19-7-3-4-8-19/h5-6,9H,3-4,7-8,10-11H2,1-2H3. The molecule has 3 heterocycles. The fraction of sp³-hybridized carbons (Fsp3) is 0.500. The number of rotatable bonds is 5. The third-order valence-corrected chi connectivity index (χ3v) is 4.77. The van der Waals surface area contributed by atoms with Crippen molar-refractivity contribution in [2.45, 2.75) is 26.3 Å². The first-order valence-corrected chi connectivity index (χ1v) is 8.48. The zero-order chi connectivity index (χ0) is 15.5. The Morgan fingerprint density at radius 2 is 2.23 bits per heavy atom. The lowest BCUT2D eigenvalue weighted by molar-refractivity contribution is -0.131. The molecule has 0 bridgehead atoms. The molecule has 2 aromatic rings. The number of likely N-dealkylation sites (tertiary alicyclic amines) is 1. The molecule has 2 aromatic heterocycles. The molecule has 0 N–H and O–H groups in total. The molecule has 0 saturated carbocycles. The van der Waals surface area contributed by atoms with Gasteiger partial charge in [-0.2, -0.15) is 0 Å². The van der Waals surface area contributed by atoms with E-state index in [1.165, 1.54) is 0 Å². The molecule has 3 rings (SSSR count). The van der Waals surface area contributed by atoms with Crippen LogP contribution in [0.3, 0.4) is 0 Å². The van der Waals surface area contributed by atoms with Gasteiger partial charge in [-0.3, -0.25) is 9.69 Å². The zero-order valence-corrected chi connectivity index (χ0v) is 13.9. The van der Waals surface area contributed by atoms with Crippen molar-refractivity contribution in [2.75, 3.05) is 26.7 Å². The van der Waals surface area contributed by atoms with Gasteiger partial charge in [0.2, 0.25) is 11.8 Å². The van der Waals surface area contributed by atoms with Crippen molar-refractivity contribution in [1.29, 1.82) is 0 Å². The third-order valence-electron chi connectivity index (χ3n) is 3.91. The smallest absolute Gasteiger partial charge is 0.236 e. The topological polar surface area (TPSA) is 49.6 Å². The molecule has 1 saturated heterocycles. The maximum Gasteiger partial charge on any atom is 0.236 e. The van der Waals surface area contributed by atoms with Gasteiger partial charge in [0, 0.05) is 19.6 Å². The van der Waals surface area contributed by atoms with Crippen LogP contribution in [0.5, 0.6) is 0 Å². The number of likely N-dealkylation sites (N-methyl/N-ethyl adjacent to an activating group) is 1. The van der Waals surface area contributed by atoms with Gasteiger partial charge in [0.15, 0.2) is 0 Å². The second-order valence-electron chi connectivity index (χ2n) is 5.76. The highest BCUT2D eigenvalue weighted by Gasteiger charge is 2.20. The van der Waals surface area contributed by atoms with E-state index in [4.69, 9.17) is 4.42 Å². The Balaban J connectivity index is 1.61. The maximum absolute atomic E-state index is 12.2. The SMILES string of the molecule is Cc1oc(-c2cccs2)nc1CN(C)CC(=O)N1CCCC1. The van der Waals surface area contributed by atoms with Crippen LogP contribution in [0.4, 0.5) is 0 Å². The predicted molar refractivity (Wildman–Crippen MR) is 86.7 cm³/mol. The van der Waals surface area contributed by atoms with Crippen LogP contribution in [-0.2, 0) is 11.3 Å². The molecule has 6 heteroatoms. The Hall–Kier alpha value is -1.66. The summed E-state index contributed by atoms with van der Waals surface area (Å²) >= 11 is 1.61. The summed E-state index contributed by atoms with van der Waals surface area (Å²) in [6.45, 7) is 4.78. The van der Waals surface area contributed by atoms with Gasteiger partial charge < -0.3 is 9.32 Å². The van der Waals surface area contributed by atoms with Crippen LogP contribution in [0.1, 0.15) is 24.3 Å². The summed E-state index contributed by atoms with van der Waals surface area (Å²) in [5.74, 6) is 1.70. The van der Waals surface area contributed by atoms with E-state index in [0.717, 1.165) is 42.3 Å². The number of hydrogen-bond donors (Lipinski definition) is 0. The van der Waals surface area contributed by atoms with Crippen LogP contribution < -0.4 is 0 Å². The van der Waals surface area contributed by atoms with E-state index in [-0.39, 0.29) is 5.91 Å². The van der Waals surface area contributed by atoms with Crippen molar-refractivity contribution in [3.05, 3.63) is 29.0 Å². The normalized spacial score (nSPS) is 15.0. The molecular weight excluding hydrogens is 298 g/mol. The van der Waals surface area contributed by atoms with Gasteiger partial charge in [-0.15, -0.1) is 11.3 Å². The summed E-state index contributed by atoms with van der Waals surface area (Å²) in [4.78, 5) is 21.7. The van der Waals surface area contributed by atoms with Crippen LogP contribution in [0.15, 0.2) is 21.9 Å². The minimum absolute atomic E-state index is 0.208. The average Bonchev–Trinajstić information content (AvgIpc) is 3.19. The number of thiophene rings is 1. The van der Waals surface area contributed by atoms with E-state index in [9.17, 15) is 4.79 Å². The quantitative estimate of drug-likeness (QED) is 0.850. The Morgan fingerprint density at radius 3 is 2.91 bits per heavy atom. The largest absolute Gasteiger partial charge is 0.440 e. The van der Waals surface area contributed by atoms with Gasteiger partial charge in [-0.05, 0) is 38.3 Å². The minimum atomic E-state index is 0.208. The van der Waals surface area contributed by atoms with Crippen molar-refractivity contribution < 1.29 is 9.21 Å². The first-order valence-electron chi connectivity index (χ1n) is 7.60. The van der Waals surface area contributed by atoms with Crippen LogP contribution in [0.25, 0.3) is 10.8 Å². The fourth-order valence-corrected chi connectivity index (χ4v) is 3.34. The number of amides is 1. The molecule has 5 nitrogen and oxygen atoms in total. The number of aryl methyl sites for hydroxylation is 1. The average molecular weight is 319 g/mol. The molecule has 0 aliphatic carbocycles. The Kier molecular flexibility index (Phi) is 4.59. The molecule has 1 aliphatic rings. The molecule has 0 spiro atoms. The van der Waals surface area contributed by atoms with Crippen molar-refractivity contribution in [3.63, 3.8) is 0 Å². The van der Waals surface area contributed by atoms with Crippen molar-refractivity contribution in [3.8, 4) is 10.8 Å². The summed E-state index contributed by atoms with van der Waals surface area (Å²) in [6.07, 6.45) is 2.25. The number of carbonyl (C=O) groups excluding carboxylic acids is 1. The van der Waals surface area contributed by atoms with Gasteiger partial charge in [0.25, 0.3) is 0 Å². The molecular formula is C16H21N3O2S. The van der Waals surface area contributed by atoms with Crippen molar-refractivity contribution in [2.24, 2.45) is 0 Å². The lowest BCUT2D eigenvalue weighted by Gasteiger charge is -2.20. The number of nitrogens with zero attached hydrogens (tertiary/aromatic N) is 3. The summed E-state index contributed by atoms with van der Waals surface area (Å²) in [6, 6.07) is 3.99. The summed E-state index contributed by atoms with van der Waals surface area (Å²) in [5.41, 5.74) is 0.903. The molecule has 1 fully saturated rings. The van der Waals surface area contributed by atoms with Crippen molar-refractivity contribution >= 4 is 17.2 Å². The summed E-state index contributed by atoms with van der Waals surface area (Å²) in [7, 11) is 1.95. The Labute approximate surface area is 134 Å². The molecule has 1 amide bonds. The highest BCUT2D eigenvalue weighted by molar-refractivity contribution is 7.13. The highest BCUT2D eigenvalue weighted by atomic mass is 32.1. The second-order valence-corrected chi connectivity index (χ2v) is 6.71. The maximum atomic E-state index is 12.2. The van der Waals surface area contributed by atoms with Gasteiger partial charge in [0.05, 0.1) is 17.1 Å². The second kappa shape index (κ2) is 6.62. The fourth-order valence-electron chi connectivity index (χ4n) is 2.69. The Bertz CT molecular complexity index is 630. The third kappa shape index (κ3) is 3.39. The van der Waals surface area contributed by atoms with Gasteiger partial charge in [-0.1, -0.05) is 6.07 Å². The van der Waals surface area contributed by atoms with E-state index in [1.54, 1.807) is 11.3 Å². The minimum Gasteiger partial charge on any atom is -0.440 e. The molecule has 118 valence electrons. The highest BCUT2D eigenvalue weighted by Crippen LogP contribution is 2.26. The molecule has 0 radical (unpaired) electrons. The van der Waals surface area contributed by atoms with Crippen LogP contribution >= 0.6 is 11.3 Å². The van der Waals surface area contributed by atoms with E-state index < -0.39 is 0 Å². The summed E-state index contributed by atoms with van der Waals surface area (Å²) < 4.78 is 5.74. The van der Waals surface area contributed by atoms with Gasteiger partial charge in [0.1, 0.15) is 5.76 Å². The van der Waals surface area contributed by atoms with Gasteiger partial charge >= 0.3 is 0 Å². The van der Waals surface area contributed by atoms with E-state index in [1.807, 2.05) is 41.3 Å². The number of oxazole rings is 1. The molecule has 0 atom stereocenters. The molecule has 22 heavy (non-hydrogen) atoms. The number of aromatic nitrogens is 1. The van der Waals surface area contributed by atoms with Crippen LogP contribution in [0.2, 0.25) is 0 Å². The number of hydrogen-bond acceptors (Lipinski definition) is 5. The van der Waals surface area contributed by atoms with Crippen molar-refractivity contribution in [1.82, 2.24) is 14.8 Å². The Morgan fingerprint density at radius 1 is 1.45 bits per heavy atom. The van der Waals surface area contributed by atoms with Crippen LogP contribution in [0, 0.1) is 6.92 Å². The van der Waals surface area contributed by atoms with E-state index in [0.29, 0.717) is 19.0 Å². The molecule has 0 aromatic carbocycles. The monoisotopic (exact) mass is 319 g/mol. The molecule has 1 aliphatic heterocycles. The van der Waals surface area contributed by atoms with Crippen LogP contribution in [-0.4, -0.2) is 47.4 Å². The zero-order valence-electron chi connectivity index (χ0n) is 13.0. The first kappa shape index (κ1) is 15.2. The van der Waals surface area contributed by atoms with Gasteiger partial charge in [-0.25, -0.2) is 4.98 Å². The van der Waals surface area contributed by atoms with E-state index >= 15 is 0 Å². The molecule has 0 unspecified atom stereocenters. The lowest BCUT2D eigenvalue weighted by atomic mass is 10.3. The van der Waals surface area contributed by atoms with E-state index in [2.05, 4.69) is 4.98 Å². The number of carbonyl (C=O) groups is 1. The predicted octanol–water partition coefficient (Wildman–Crippen LogP) is 2.77.